The summed E-state index contributed by atoms with van der Waals surface area (Å²) in [5, 5.41) is 0. The summed E-state index contributed by atoms with van der Waals surface area (Å²) in [5.74, 6) is 1.18. The molecule has 0 fully saturated rings. The van der Waals surface area contributed by atoms with Crippen molar-refractivity contribution in [3.8, 4) is 5.75 Å². The number of para-hydroxylation sites is 1. The Labute approximate surface area is 115 Å². The van der Waals surface area contributed by atoms with E-state index in [-0.39, 0.29) is 12.5 Å². The van der Waals surface area contributed by atoms with Crippen molar-refractivity contribution in [3.63, 3.8) is 0 Å². The fraction of sp³-hybridized carbons (Fsp3) is 0.533. The van der Waals surface area contributed by atoms with E-state index < -0.39 is 0 Å². The van der Waals surface area contributed by atoms with Crippen molar-refractivity contribution in [1.82, 2.24) is 4.90 Å². The van der Waals surface area contributed by atoms with E-state index in [1.54, 1.807) is 0 Å². The van der Waals surface area contributed by atoms with E-state index in [1.165, 1.54) is 0 Å². The first-order chi connectivity index (χ1) is 9.13. The van der Waals surface area contributed by atoms with Crippen molar-refractivity contribution in [2.45, 2.75) is 20.3 Å². The second-order valence-electron chi connectivity index (χ2n) is 4.98. The molecule has 0 unspecified atom stereocenters. The number of amides is 1. The molecular weight excluding hydrogens is 240 g/mol. The largest absolute Gasteiger partial charge is 0.484 e. The molecule has 106 valence electrons. The number of carbonyl (C=O) groups excluding carboxylic acids is 1. The lowest BCUT2D eigenvalue weighted by Crippen LogP contribution is -2.38. The highest BCUT2D eigenvalue weighted by Crippen LogP contribution is 2.09. The third kappa shape index (κ3) is 6.25. The summed E-state index contributed by atoms with van der Waals surface area (Å²) >= 11 is 0. The molecule has 0 aliphatic rings. The number of nitrogens with two attached hydrogens (primary N) is 1. The maximum Gasteiger partial charge on any atom is 0.260 e. The molecule has 1 rings (SSSR count). The van der Waals surface area contributed by atoms with Crippen LogP contribution in [0.2, 0.25) is 0 Å². The van der Waals surface area contributed by atoms with Gasteiger partial charge in [-0.25, -0.2) is 0 Å². The van der Waals surface area contributed by atoms with Crippen LogP contribution in [0.1, 0.15) is 20.3 Å². The highest BCUT2D eigenvalue weighted by molar-refractivity contribution is 5.77. The topological polar surface area (TPSA) is 55.6 Å². The average molecular weight is 264 g/mol. The SMILES string of the molecule is CC(C)CN(CCCN)C(=O)COc1ccccc1. The third-order valence-corrected chi connectivity index (χ3v) is 2.68. The normalized spacial score (nSPS) is 10.5. The quantitative estimate of drug-likeness (QED) is 0.780. The van der Waals surface area contributed by atoms with Crippen LogP contribution in [0.15, 0.2) is 30.3 Å². The first kappa shape index (κ1) is 15.5. The molecule has 0 aromatic heterocycles. The fourth-order valence-electron chi connectivity index (χ4n) is 1.79. The Morgan fingerprint density at radius 1 is 1.32 bits per heavy atom. The summed E-state index contributed by atoms with van der Waals surface area (Å²) < 4.78 is 5.49. The van der Waals surface area contributed by atoms with Crippen molar-refractivity contribution in [2.75, 3.05) is 26.2 Å². The van der Waals surface area contributed by atoms with Gasteiger partial charge in [-0.1, -0.05) is 32.0 Å². The van der Waals surface area contributed by atoms with Gasteiger partial charge in [0, 0.05) is 13.1 Å². The molecule has 1 amide bonds. The maximum atomic E-state index is 12.1. The van der Waals surface area contributed by atoms with Crippen LogP contribution in [-0.2, 0) is 4.79 Å². The Kier molecular flexibility index (Phi) is 6.97. The summed E-state index contributed by atoms with van der Waals surface area (Å²) in [5.41, 5.74) is 5.50. The van der Waals surface area contributed by atoms with Gasteiger partial charge in [0.05, 0.1) is 0 Å². The van der Waals surface area contributed by atoms with Gasteiger partial charge in [0.25, 0.3) is 5.91 Å². The molecule has 0 radical (unpaired) electrons. The molecule has 4 nitrogen and oxygen atoms in total. The molecule has 1 aromatic carbocycles. The van der Waals surface area contributed by atoms with Crippen LogP contribution in [0.4, 0.5) is 0 Å². The summed E-state index contributed by atoms with van der Waals surface area (Å²) in [6.07, 6.45) is 0.823. The van der Waals surface area contributed by atoms with Crippen LogP contribution in [0, 0.1) is 5.92 Å². The summed E-state index contributed by atoms with van der Waals surface area (Å²) in [7, 11) is 0. The van der Waals surface area contributed by atoms with Crippen LogP contribution < -0.4 is 10.5 Å². The van der Waals surface area contributed by atoms with E-state index >= 15 is 0 Å². The van der Waals surface area contributed by atoms with E-state index in [9.17, 15) is 4.79 Å². The highest BCUT2D eigenvalue weighted by atomic mass is 16.5. The van der Waals surface area contributed by atoms with Crippen molar-refractivity contribution in [3.05, 3.63) is 30.3 Å². The molecule has 19 heavy (non-hydrogen) atoms. The molecule has 0 saturated carbocycles. The molecule has 2 N–H and O–H groups in total. The number of ether oxygens (including phenoxy) is 1. The Bertz CT molecular complexity index is 366. The van der Waals surface area contributed by atoms with Gasteiger partial charge in [-0.05, 0) is 31.0 Å². The van der Waals surface area contributed by atoms with Gasteiger partial charge in [0.2, 0.25) is 0 Å². The number of hydrogen-bond acceptors (Lipinski definition) is 3. The van der Waals surface area contributed by atoms with E-state index in [1.807, 2.05) is 35.2 Å². The zero-order valence-corrected chi connectivity index (χ0v) is 11.8. The second-order valence-corrected chi connectivity index (χ2v) is 4.98. The van der Waals surface area contributed by atoms with Crippen molar-refractivity contribution in [1.29, 1.82) is 0 Å². The van der Waals surface area contributed by atoms with Gasteiger partial charge in [0.1, 0.15) is 5.75 Å². The Morgan fingerprint density at radius 3 is 2.58 bits per heavy atom. The molecule has 0 spiro atoms. The lowest BCUT2D eigenvalue weighted by molar-refractivity contribution is -0.134. The molecule has 0 atom stereocenters. The van der Waals surface area contributed by atoms with Crippen LogP contribution in [0.5, 0.6) is 5.75 Å². The van der Waals surface area contributed by atoms with Gasteiger partial charge in [-0.3, -0.25) is 4.79 Å². The monoisotopic (exact) mass is 264 g/mol. The van der Waals surface area contributed by atoms with Crippen LogP contribution in [0.3, 0.4) is 0 Å². The Hall–Kier alpha value is -1.55. The number of hydrogen-bond donors (Lipinski definition) is 1. The van der Waals surface area contributed by atoms with Crippen LogP contribution >= 0.6 is 0 Å². The molecule has 1 aromatic rings. The molecule has 0 saturated heterocycles. The fourth-order valence-corrected chi connectivity index (χ4v) is 1.79. The minimum Gasteiger partial charge on any atom is -0.484 e. The van der Waals surface area contributed by atoms with Gasteiger partial charge >= 0.3 is 0 Å². The molecule has 0 aliphatic carbocycles. The number of carbonyl (C=O) groups is 1. The standard InChI is InChI=1S/C15H24N2O2/c1-13(2)11-17(10-6-9-16)15(18)12-19-14-7-4-3-5-8-14/h3-5,7-8,13H,6,9-12,16H2,1-2H3. The van der Waals surface area contributed by atoms with Gasteiger partial charge in [-0.2, -0.15) is 0 Å². The van der Waals surface area contributed by atoms with E-state index in [0.29, 0.717) is 19.0 Å². The van der Waals surface area contributed by atoms with E-state index in [0.717, 1.165) is 18.7 Å². The molecule has 0 aliphatic heterocycles. The van der Waals surface area contributed by atoms with Crippen LogP contribution in [-0.4, -0.2) is 37.0 Å². The van der Waals surface area contributed by atoms with Crippen LogP contribution in [0.25, 0.3) is 0 Å². The zero-order chi connectivity index (χ0) is 14.1. The summed E-state index contributed by atoms with van der Waals surface area (Å²) in [4.78, 5) is 14.0. The predicted octanol–water partition coefficient (Wildman–Crippen LogP) is 1.90. The van der Waals surface area contributed by atoms with E-state index in [4.69, 9.17) is 10.5 Å². The molecular formula is C15H24N2O2. The summed E-state index contributed by atoms with van der Waals surface area (Å²) in [6.45, 7) is 6.33. The number of nitrogens with zero attached hydrogens (tertiary/aromatic N) is 1. The molecule has 0 bridgehead atoms. The van der Waals surface area contributed by atoms with Crippen molar-refractivity contribution >= 4 is 5.91 Å². The maximum absolute atomic E-state index is 12.1. The number of benzene rings is 1. The van der Waals surface area contributed by atoms with Crippen molar-refractivity contribution < 1.29 is 9.53 Å². The lowest BCUT2D eigenvalue weighted by atomic mass is 10.2. The Morgan fingerprint density at radius 2 is 2.00 bits per heavy atom. The average Bonchev–Trinajstić information content (AvgIpc) is 2.41. The summed E-state index contributed by atoms with van der Waals surface area (Å²) in [6, 6.07) is 9.39. The zero-order valence-electron chi connectivity index (χ0n) is 11.8. The smallest absolute Gasteiger partial charge is 0.260 e. The minimum absolute atomic E-state index is 0.0194. The number of rotatable bonds is 8. The van der Waals surface area contributed by atoms with Gasteiger partial charge in [-0.15, -0.1) is 0 Å². The molecule has 0 heterocycles. The Balaban J connectivity index is 2.46. The van der Waals surface area contributed by atoms with Gasteiger partial charge in [0.15, 0.2) is 6.61 Å². The molecule has 4 heteroatoms. The lowest BCUT2D eigenvalue weighted by Gasteiger charge is -2.24. The van der Waals surface area contributed by atoms with E-state index in [2.05, 4.69) is 13.8 Å². The predicted molar refractivity (Wildman–Crippen MR) is 77.0 cm³/mol. The highest BCUT2D eigenvalue weighted by Gasteiger charge is 2.14. The second kappa shape index (κ2) is 8.53. The van der Waals surface area contributed by atoms with Gasteiger partial charge < -0.3 is 15.4 Å². The first-order valence-corrected chi connectivity index (χ1v) is 6.79. The first-order valence-electron chi connectivity index (χ1n) is 6.79. The van der Waals surface area contributed by atoms with Crippen molar-refractivity contribution in [2.24, 2.45) is 11.7 Å². The third-order valence-electron chi connectivity index (χ3n) is 2.68. The minimum atomic E-state index is 0.0194.